The number of rotatable bonds is 4. The van der Waals surface area contributed by atoms with Crippen LogP contribution >= 0.6 is 0 Å². The van der Waals surface area contributed by atoms with E-state index in [4.69, 9.17) is 4.74 Å². The van der Waals surface area contributed by atoms with Crippen LogP contribution in [0.3, 0.4) is 0 Å². The van der Waals surface area contributed by atoms with Crippen molar-refractivity contribution in [2.24, 2.45) is 0 Å². The van der Waals surface area contributed by atoms with Crippen LogP contribution in [0, 0.1) is 6.92 Å². The number of phenolic OH excluding ortho intramolecular Hbond substituents is 1. The van der Waals surface area contributed by atoms with Gasteiger partial charge in [0.2, 0.25) is 5.91 Å². The van der Waals surface area contributed by atoms with E-state index in [-0.39, 0.29) is 28.8 Å². The van der Waals surface area contributed by atoms with Crippen LogP contribution < -0.4 is 10.2 Å². The smallest absolute Gasteiger partial charge is 0.416 e. The highest BCUT2D eigenvalue weighted by atomic mass is 19.4. The zero-order valence-corrected chi connectivity index (χ0v) is 16.0. The lowest BCUT2D eigenvalue weighted by atomic mass is 10.0. The summed E-state index contributed by atoms with van der Waals surface area (Å²) in [6.07, 6.45) is -4.73. The van der Waals surface area contributed by atoms with E-state index in [0.29, 0.717) is 38.1 Å². The number of hydrogen-bond acceptors (Lipinski definition) is 6. The molecule has 0 aliphatic carbocycles. The van der Waals surface area contributed by atoms with E-state index >= 15 is 0 Å². The minimum Gasteiger partial charge on any atom is -0.507 e. The number of morpholine rings is 1. The quantitative estimate of drug-likeness (QED) is 0.806. The van der Waals surface area contributed by atoms with Gasteiger partial charge in [-0.2, -0.15) is 13.2 Å². The number of aromatic nitrogens is 2. The molecular weight excluding hydrogens is 389 g/mol. The number of halogens is 3. The lowest BCUT2D eigenvalue weighted by molar-refractivity contribution is -0.137. The Balaban J connectivity index is 1.78. The van der Waals surface area contributed by atoms with Gasteiger partial charge >= 0.3 is 6.18 Å². The molecule has 0 bridgehead atoms. The average molecular weight is 410 g/mol. The minimum absolute atomic E-state index is 0.137. The second-order valence-corrected chi connectivity index (χ2v) is 6.84. The molecule has 0 radical (unpaired) electrons. The number of phenols is 1. The first kappa shape index (κ1) is 20.8. The summed E-state index contributed by atoms with van der Waals surface area (Å²) >= 11 is 0. The summed E-state index contributed by atoms with van der Waals surface area (Å²) in [5, 5.41) is 21.1. The molecule has 1 aromatic heterocycles. The molecule has 29 heavy (non-hydrogen) atoms. The van der Waals surface area contributed by atoms with Crippen molar-refractivity contribution in [3.8, 4) is 17.0 Å². The molecule has 2 N–H and O–H groups in total. The second-order valence-electron chi connectivity index (χ2n) is 6.84. The van der Waals surface area contributed by atoms with Gasteiger partial charge in [-0.25, -0.2) is 0 Å². The van der Waals surface area contributed by atoms with Gasteiger partial charge in [-0.1, -0.05) is 0 Å². The van der Waals surface area contributed by atoms with Crippen LogP contribution in [0.15, 0.2) is 24.3 Å². The number of anilines is 1. The lowest BCUT2D eigenvalue weighted by Gasteiger charge is -2.33. The fraction of sp³-hybridized carbons (Fsp3) is 0.421. The molecule has 3 rings (SSSR count). The van der Waals surface area contributed by atoms with Gasteiger partial charge in [-0.15, -0.1) is 10.2 Å². The normalized spacial score (nSPS) is 17.3. The summed E-state index contributed by atoms with van der Waals surface area (Å²) in [4.78, 5) is 13.0. The maximum Gasteiger partial charge on any atom is 0.416 e. The fourth-order valence-electron chi connectivity index (χ4n) is 3.20. The molecular formula is C19H21F3N4O3. The zero-order chi connectivity index (χ0) is 21.2. The first-order valence-corrected chi connectivity index (χ1v) is 9.01. The van der Waals surface area contributed by atoms with E-state index < -0.39 is 17.5 Å². The SMILES string of the molecule is CC(=O)NC[C@@H]1CN(c2ccc(-c3c(C)cc(C(F)(F)F)cc3O)nn2)CCO1. The summed E-state index contributed by atoms with van der Waals surface area (Å²) in [6, 6.07) is 4.96. The topological polar surface area (TPSA) is 87.6 Å². The summed E-state index contributed by atoms with van der Waals surface area (Å²) in [5.74, 6) is -0.0587. The van der Waals surface area contributed by atoms with Crippen LogP contribution in [-0.2, 0) is 15.7 Å². The lowest BCUT2D eigenvalue weighted by Crippen LogP contribution is -2.47. The number of aryl methyl sites for hydroxylation is 1. The molecule has 2 heterocycles. The molecule has 1 amide bonds. The van der Waals surface area contributed by atoms with Gasteiger partial charge in [-0.05, 0) is 36.8 Å². The Morgan fingerprint density at radius 3 is 2.69 bits per heavy atom. The van der Waals surface area contributed by atoms with E-state index in [9.17, 15) is 23.1 Å². The number of amides is 1. The van der Waals surface area contributed by atoms with Crippen LogP contribution in [-0.4, -0.2) is 53.6 Å². The minimum atomic E-state index is -4.54. The molecule has 2 aromatic rings. The number of ether oxygens (including phenoxy) is 1. The molecule has 0 spiro atoms. The third-order valence-electron chi connectivity index (χ3n) is 4.59. The summed E-state index contributed by atoms with van der Waals surface area (Å²) in [7, 11) is 0. The van der Waals surface area contributed by atoms with Gasteiger partial charge in [0, 0.05) is 32.1 Å². The van der Waals surface area contributed by atoms with Gasteiger partial charge < -0.3 is 20.1 Å². The first-order chi connectivity index (χ1) is 13.6. The van der Waals surface area contributed by atoms with E-state index in [1.807, 2.05) is 4.90 Å². The van der Waals surface area contributed by atoms with Gasteiger partial charge in [-0.3, -0.25) is 4.79 Å². The highest BCUT2D eigenvalue weighted by molar-refractivity contribution is 5.73. The summed E-state index contributed by atoms with van der Waals surface area (Å²) in [5.41, 5.74) is -0.177. The molecule has 1 saturated heterocycles. The molecule has 1 aliphatic rings. The average Bonchev–Trinajstić information content (AvgIpc) is 2.66. The predicted octanol–water partition coefficient (Wildman–Crippen LogP) is 2.52. The van der Waals surface area contributed by atoms with Crippen LogP contribution in [0.2, 0.25) is 0 Å². The maximum absolute atomic E-state index is 12.9. The Kier molecular flexibility index (Phi) is 5.92. The number of hydrogen-bond donors (Lipinski definition) is 2. The van der Waals surface area contributed by atoms with Crippen molar-refractivity contribution in [2.75, 3.05) is 31.1 Å². The standard InChI is InChI=1S/C19H21F3N4O3/c1-11-7-13(19(20,21)22)8-16(28)18(11)15-3-4-17(25-24-15)26-5-6-29-14(10-26)9-23-12(2)27/h3-4,7-8,14,28H,5-6,9-10H2,1-2H3,(H,23,27)/t14-/m1/s1. The molecule has 156 valence electrons. The van der Waals surface area contributed by atoms with Gasteiger partial charge in [0.15, 0.2) is 5.82 Å². The molecule has 7 nitrogen and oxygen atoms in total. The Bertz CT molecular complexity index is 864. The van der Waals surface area contributed by atoms with Crippen molar-refractivity contribution < 1.29 is 27.8 Å². The molecule has 10 heteroatoms. The number of alkyl halides is 3. The van der Waals surface area contributed by atoms with Crippen molar-refractivity contribution in [1.29, 1.82) is 0 Å². The summed E-state index contributed by atoms with van der Waals surface area (Å²) in [6.45, 7) is 4.87. The van der Waals surface area contributed by atoms with Crippen LogP contribution in [0.4, 0.5) is 19.0 Å². The van der Waals surface area contributed by atoms with Crippen molar-refractivity contribution in [3.05, 3.63) is 35.4 Å². The highest BCUT2D eigenvalue weighted by Crippen LogP contribution is 2.38. The van der Waals surface area contributed by atoms with Crippen LogP contribution in [0.25, 0.3) is 11.3 Å². The van der Waals surface area contributed by atoms with E-state index in [2.05, 4.69) is 15.5 Å². The van der Waals surface area contributed by atoms with Crippen molar-refractivity contribution in [2.45, 2.75) is 26.1 Å². The monoisotopic (exact) mass is 410 g/mol. The number of nitrogens with one attached hydrogen (secondary N) is 1. The van der Waals surface area contributed by atoms with Crippen molar-refractivity contribution in [1.82, 2.24) is 15.5 Å². The second kappa shape index (κ2) is 8.24. The van der Waals surface area contributed by atoms with Crippen molar-refractivity contribution >= 4 is 11.7 Å². The molecule has 1 aliphatic heterocycles. The third-order valence-corrected chi connectivity index (χ3v) is 4.59. The Labute approximate surface area is 165 Å². The van der Waals surface area contributed by atoms with Crippen LogP contribution in [0.5, 0.6) is 5.75 Å². The number of benzene rings is 1. The Morgan fingerprint density at radius 1 is 1.34 bits per heavy atom. The summed E-state index contributed by atoms with van der Waals surface area (Å²) < 4.78 is 44.3. The fourth-order valence-corrected chi connectivity index (χ4v) is 3.20. The molecule has 1 aromatic carbocycles. The van der Waals surface area contributed by atoms with Gasteiger partial charge in [0.1, 0.15) is 5.75 Å². The molecule has 0 saturated carbocycles. The molecule has 1 atom stereocenters. The van der Waals surface area contributed by atoms with Crippen LogP contribution in [0.1, 0.15) is 18.1 Å². The first-order valence-electron chi connectivity index (χ1n) is 9.01. The third kappa shape index (κ3) is 4.94. The van der Waals surface area contributed by atoms with Gasteiger partial charge in [0.05, 0.1) is 24.0 Å². The largest absolute Gasteiger partial charge is 0.507 e. The van der Waals surface area contributed by atoms with Crippen molar-refractivity contribution in [3.63, 3.8) is 0 Å². The number of carbonyl (C=O) groups excluding carboxylic acids is 1. The maximum atomic E-state index is 12.9. The Hall–Kier alpha value is -2.88. The number of aromatic hydroxyl groups is 1. The number of nitrogens with zero attached hydrogens (tertiary/aromatic N) is 3. The van der Waals surface area contributed by atoms with E-state index in [1.54, 1.807) is 12.1 Å². The molecule has 0 unspecified atom stereocenters. The van der Waals surface area contributed by atoms with E-state index in [0.717, 1.165) is 6.07 Å². The Morgan fingerprint density at radius 2 is 2.10 bits per heavy atom. The zero-order valence-electron chi connectivity index (χ0n) is 16.0. The van der Waals surface area contributed by atoms with Gasteiger partial charge in [0.25, 0.3) is 0 Å². The highest BCUT2D eigenvalue weighted by Gasteiger charge is 2.32. The number of carbonyl (C=O) groups is 1. The molecule has 1 fully saturated rings. The van der Waals surface area contributed by atoms with E-state index in [1.165, 1.54) is 13.8 Å². The predicted molar refractivity (Wildman–Crippen MR) is 99.5 cm³/mol.